The van der Waals surface area contributed by atoms with Gasteiger partial charge in [0, 0.05) is 18.3 Å². The average molecular weight is 263 g/mol. The van der Waals surface area contributed by atoms with Crippen LogP contribution in [0.2, 0.25) is 0 Å². The van der Waals surface area contributed by atoms with Crippen molar-refractivity contribution in [1.82, 2.24) is 9.97 Å². The number of rotatable bonds is 4. The lowest BCUT2D eigenvalue weighted by atomic mass is 9.92. The maximum absolute atomic E-state index is 11.4. The maximum Gasteiger partial charge on any atom is 0.326 e. The maximum atomic E-state index is 11.4. The van der Waals surface area contributed by atoms with Gasteiger partial charge in [-0.3, -0.25) is 0 Å². The zero-order valence-electron chi connectivity index (χ0n) is 11.5. The Bertz CT molecular complexity index is 450. The summed E-state index contributed by atoms with van der Waals surface area (Å²) in [6, 6.07) is 1.46. The monoisotopic (exact) mass is 263 g/mol. The third-order valence-electron chi connectivity index (χ3n) is 3.66. The molecule has 2 rings (SSSR count). The van der Waals surface area contributed by atoms with Crippen LogP contribution >= 0.6 is 0 Å². The summed E-state index contributed by atoms with van der Waals surface area (Å²) in [5, 5.41) is 9.38. The van der Waals surface area contributed by atoms with Crippen LogP contribution < -0.4 is 4.90 Å². The van der Waals surface area contributed by atoms with Crippen LogP contribution in [-0.2, 0) is 11.2 Å². The Hall–Kier alpha value is -1.65. The molecule has 2 atom stereocenters. The molecular formula is C14H21N3O2. The van der Waals surface area contributed by atoms with E-state index in [2.05, 4.69) is 23.8 Å². The molecule has 0 spiro atoms. The molecule has 0 saturated carbocycles. The molecule has 5 heteroatoms. The molecule has 2 heterocycles. The highest BCUT2D eigenvalue weighted by molar-refractivity contribution is 5.78. The Morgan fingerprint density at radius 1 is 1.53 bits per heavy atom. The minimum Gasteiger partial charge on any atom is -0.480 e. The van der Waals surface area contributed by atoms with Gasteiger partial charge in [0.15, 0.2) is 0 Å². The second-order valence-corrected chi connectivity index (χ2v) is 5.29. The van der Waals surface area contributed by atoms with Gasteiger partial charge in [-0.05, 0) is 25.2 Å². The average Bonchev–Trinajstić information content (AvgIpc) is 2.39. The van der Waals surface area contributed by atoms with Crippen molar-refractivity contribution in [3.05, 3.63) is 18.1 Å². The van der Waals surface area contributed by atoms with E-state index in [1.165, 1.54) is 6.33 Å². The molecule has 1 saturated heterocycles. The van der Waals surface area contributed by atoms with Crippen molar-refractivity contribution in [2.45, 2.75) is 45.6 Å². The fourth-order valence-corrected chi connectivity index (χ4v) is 2.59. The molecule has 1 aromatic heterocycles. The predicted octanol–water partition coefficient (Wildman–Crippen LogP) is 2.12. The summed E-state index contributed by atoms with van der Waals surface area (Å²) in [5.74, 6) is 0.439. The van der Waals surface area contributed by atoms with Crippen LogP contribution in [0.5, 0.6) is 0 Å². The highest BCUT2D eigenvalue weighted by Gasteiger charge is 2.32. The molecule has 5 nitrogen and oxygen atoms in total. The highest BCUT2D eigenvalue weighted by Crippen LogP contribution is 2.27. The minimum absolute atomic E-state index is 0.453. The fourth-order valence-electron chi connectivity index (χ4n) is 2.59. The number of aryl methyl sites for hydroxylation is 1. The van der Waals surface area contributed by atoms with E-state index in [0.717, 1.165) is 37.3 Å². The van der Waals surface area contributed by atoms with Crippen molar-refractivity contribution in [2.24, 2.45) is 5.92 Å². The number of piperidine rings is 1. The third kappa shape index (κ3) is 3.22. The van der Waals surface area contributed by atoms with E-state index in [4.69, 9.17) is 0 Å². The largest absolute Gasteiger partial charge is 0.480 e. The lowest BCUT2D eigenvalue weighted by Crippen LogP contribution is -2.47. The Balaban J connectivity index is 2.23. The molecule has 0 radical (unpaired) electrons. The van der Waals surface area contributed by atoms with E-state index in [-0.39, 0.29) is 0 Å². The first kappa shape index (κ1) is 13.8. The normalized spacial score (nSPS) is 23.4. The predicted molar refractivity (Wildman–Crippen MR) is 73.2 cm³/mol. The first-order valence-corrected chi connectivity index (χ1v) is 6.92. The zero-order valence-corrected chi connectivity index (χ0v) is 11.5. The van der Waals surface area contributed by atoms with Gasteiger partial charge in [-0.25, -0.2) is 14.8 Å². The van der Waals surface area contributed by atoms with E-state index in [0.29, 0.717) is 12.3 Å². The van der Waals surface area contributed by atoms with Gasteiger partial charge in [-0.15, -0.1) is 0 Å². The minimum atomic E-state index is -0.762. The number of hydrogen-bond acceptors (Lipinski definition) is 4. The van der Waals surface area contributed by atoms with E-state index >= 15 is 0 Å². The lowest BCUT2D eigenvalue weighted by molar-refractivity contribution is -0.139. The van der Waals surface area contributed by atoms with Gasteiger partial charge in [0.25, 0.3) is 0 Å². The van der Waals surface area contributed by atoms with E-state index in [1.807, 2.05) is 11.0 Å². The number of carboxylic acid groups (broad SMARTS) is 1. The summed E-state index contributed by atoms with van der Waals surface area (Å²) in [6.45, 7) is 4.96. The standard InChI is InChI=1S/C14H21N3O2/c1-3-4-11-8-13(16-9-15-11)17-6-5-10(2)7-12(17)14(18)19/h8-10,12H,3-7H2,1-2H3,(H,18,19). The SMILES string of the molecule is CCCc1cc(N2CCC(C)CC2C(=O)O)ncn1. The van der Waals surface area contributed by atoms with Crippen molar-refractivity contribution in [2.75, 3.05) is 11.4 Å². The van der Waals surface area contributed by atoms with Gasteiger partial charge in [-0.2, -0.15) is 0 Å². The molecule has 0 aliphatic carbocycles. The third-order valence-corrected chi connectivity index (χ3v) is 3.66. The second kappa shape index (κ2) is 5.99. The molecule has 0 aromatic carbocycles. The van der Waals surface area contributed by atoms with Crippen LogP contribution in [0.3, 0.4) is 0 Å². The molecule has 104 valence electrons. The van der Waals surface area contributed by atoms with Crippen LogP contribution in [0, 0.1) is 5.92 Å². The summed E-state index contributed by atoms with van der Waals surface area (Å²) in [6.07, 6.45) is 5.16. The van der Waals surface area contributed by atoms with E-state index in [9.17, 15) is 9.90 Å². The Morgan fingerprint density at radius 3 is 3.00 bits per heavy atom. The summed E-state index contributed by atoms with van der Waals surface area (Å²) in [4.78, 5) is 21.8. The first-order valence-electron chi connectivity index (χ1n) is 6.92. The van der Waals surface area contributed by atoms with Crippen molar-refractivity contribution >= 4 is 11.8 Å². The Kier molecular flexibility index (Phi) is 4.35. The molecule has 1 aliphatic rings. The highest BCUT2D eigenvalue weighted by atomic mass is 16.4. The number of hydrogen-bond donors (Lipinski definition) is 1. The van der Waals surface area contributed by atoms with Gasteiger partial charge >= 0.3 is 5.97 Å². The quantitative estimate of drug-likeness (QED) is 0.901. The second-order valence-electron chi connectivity index (χ2n) is 5.29. The number of aliphatic carboxylic acids is 1. The molecule has 1 aliphatic heterocycles. The van der Waals surface area contributed by atoms with Gasteiger partial charge in [0.1, 0.15) is 18.2 Å². The Labute approximate surface area is 113 Å². The smallest absolute Gasteiger partial charge is 0.326 e. The van der Waals surface area contributed by atoms with E-state index < -0.39 is 12.0 Å². The topological polar surface area (TPSA) is 66.3 Å². The van der Waals surface area contributed by atoms with E-state index in [1.54, 1.807) is 0 Å². The van der Waals surface area contributed by atoms with Crippen LogP contribution in [0.25, 0.3) is 0 Å². The Morgan fingerprint density at radius 2 is 2.32 bits per heavy atom. The number of anilines is 1. The van der Waals surface area contributed by atoms with Crippen molar-refractivity contribution in [1.29, 1.82) is 0 Å². The summed E-state index contributed by atoms with van der Waals surface area (Å²) in [5.41, 5.74) is 0.982. The number of carboxylic acids is 1. The molecule has 19 heavy (non-hydrogen) atoms. The molecule has 2 unspecified atom stereocenters. The molecule has 1 fully saturated rings. The molecule has 1 N–H and O–H groups in total. The van der Waals surface area contributed by atoms with Crippen molar-refractivity contribution < 1.29 is 9.90 Å². The molecule has 0 amide bonds. The summed E-state index contributed by atoms with van der Waals surface area (Å²) >= 11 is 0. The fraction of sp³-hybridized carbons (Fsp3) is 0.643. The van der Waals surface area contributed by atoms with Crippen LogP contribution in [-0.4, -0.2) is 33.6 Å². The number of aromatic nitrogens is 2. The zero-order chi connectivity index (χ0) is 13.8. The first-order chi connectivity index (χ1) is 9.11. The molecule has 0 bridgehead atoms. The number of nitrogens with zero attached hydrogens (tertiary/aromatic N) is 3. The van der Waals surface area contributed by atoms with Crippen LogP contribution in [0.15, 0.2) is 12.4 Å². The summed E-state index contributed by atoms with van der Waals surface area (Å²) < 4.78 is 0. The summed E-state index contributed by atoms with van der Waals surface area (Å²) in [7, 11) is 0. The van der Waals surface area contributed by atoms with Gasteiger partial charge in [0.05, 0.1) is 0 Å². The van der Waals surface area contributed by atoms with Crippen molar-refractivity contribution in [3.8, 4) is 0 Å². The van der Waals surface area contributed by atoms with Crippen LogP contribution in [0.4, 0.5) is 5.82 Å². The molecule has 1 aromatic rings. The number of carbonyl (C=O) groups is 1. The van der Waals surface area contributed by atoms with Crippen LogP contribution in [0.1, 0.15) is 38.8 Å². The van der Waals surface area contributed by atoms with Gasteiger partial charge < -0.3 is 10.0 Å². The van der Waals surface area contributed by atoms with Crippen molar-refractivity contribution in [3.63, 3.8) is 0 Å². The lowest BCUT2D eigenvalue weighted by Gasteiger charge is -2.36. The van der Waals surface area contributed by atoms with Gasteiger partial charge in [0.2, 0.25) is 0 Å². The van der Waals surface area contributed by atoms with Gasteiger partial charge in [-0.1, -0.05) is 20.3 Å². The molecular weight excluding hydrogens is 242 g/mol.